The summed E-state index contributed by atoms with van der Waals surface area (Å²) in [5.74, 6) is 0.850. The van der Waals surface area contributed by atoms with Crippen LogP contribution in [0.1, 0.15) is 11.1 Å². The molecule has 3 aromatic rings. The van der Waals surface area contributed by atoms with Crippen molar-refractivity contribution in [2.45, 2.75) is 17.9 Å². The number of aromatic nitrogens is 2. The Morgan fingerprint density at radius 2 is 1.90 bits per heavy atom. The summed E-state index contributed by atoms with van der Waals surface area (Å²) in [6.45, 7) is 2.03. The number of aryl methyl sites for hydroxylation is 1. The Morgan fingerprint density at radius 3 is 2.67 bits per heavy atom. The van der Waals surface area contributed by atoms with Crippen LogP contribution in [-0.4, -0.2) is 10.2 Å². The summed E-state index contributed by atoms with van der Waals surface area (Å²) in [5.41, 5.74) is 2.96. The van der Waals surface area contributed by atoms with Gasteiger partial charge in [0, 0.05) is 11.3 Å². The third-order valence-corrected chi connectivity index (χ3v) is 3.85. The molecule has 106 valence electrons. The van der Waals surface area contributed by atoms with E-state index in [0.29, 0.717) is 16.9 Å². The molecule has 0 atom stereocenters. The first kappa shape index (κ1) is 13.8. The predicted octanol–water partition coefficient (Wildman–Crippen LogP) is 4.48. The van der Waals surface area contributed by atoms with Gasteiger partial charge in [0.2, 0.25) is 5.89 Å². The highest BCUT2D eigenvalue weighted by atomic mass is 32.2. The summed E-state index contributed by atoms with van der Waals surface area (Å²) in [6, 6.07) is 14.4. The van der Waals surface area contributed by atoms with Gasteiger partial charge in [-0.05, 0) is 36.8 Å². The van der Waals surface area contributed by atoms with E-state index in [0.717, 1.165) is 11.1 Å². The quantitative estimate of drug-likeness (QED) is 0.666. The van der Waals surface area contributed by atoms with Crippen molar-refractivity contribution in [3.05, 3.63) is 65.5 Å². The second kappa shape index (κ2) is 6.10. The van der Waals surface area contributed by atoms with Crippen molar-refractivity contribution in [2.75, 3.05) is 0 Å². The molecule has 2 aromatic carbocycles. The van der Waals surface area contributed by atoms with Crippen LogP contribution in [0.3, 0.4) is 0 Å². The van der Waals surface area contributed by atoms with Gasteiger partial charge < -0.3 is 4.42 Å². The molecule has 0 N–H and O–H groups in total. The Kier molecular flexibility index (Phi) is 4.01. The van der Waals surface area contributed by atoms with Crippen LogP contribution in [0.15, 0.2) is 58.2 Å². The summed E-state index contributed by atoms with van der Waals surface area (Å²) < 4.78 is 18.7. The minimum absolute atomic E-state index is 0.237. The van der Waals surface area contributed by atoms with E-state index in [1.807, 2.05) is 37.3 Å². The second-order valence-electron chi connectivity index (χ2n) is 4.66. The van der Waals surface area contributed by atoms with E-state index >= 15 is 0 Å². The van der Waals surface area contributed by atoms with E-state index in [4.69, 9.17) is 4.42 Å². The first-order valence-corrected chi connectivity index (χ1v) is 7.47. The third kappa shape index (κ3) is 3.49. The first-order valence-electron chi connectivity index (χ1n) is 6.48. The smallest absolute Gasteiger partial charge is 0.277 e. The summed E-state index contributed by atoms with van der Waals surface area (Å²) in [4.78, 5) is 0. The summed E-state index contributed by atoms with van der Waals surface area (Å²) in [5, 5.41) is 8.52. The molecule has 0 saturated carbocycles. The van der Waals surface area contributed by atoms with Gasteiger partial charge in [0.1, 0.15) is 5.82 Å². The highest BCUT2D eigenvalue weighted by Crippen LogP contribution is 2.25. The van der Waals surface area contributed by atoms with E-state index in [1.54, 1.807) is 6.07 Å². The second-order valence-corrected chi connectivity index (χ2v) is 5.58. The number of rotatable bonds is 4. The van der Waals surface area contributed by atoms with Crippen LogP contribution in [0.5, 0.6) is 0 Å². The van der Waals surface area contributed by atoms with Crippen LogP contribution in [-0.2, 0) is 5.75 Å². The zero-order valence-corrected chi connectivity index (χ0v) is 12.2. The Labute approximate surface area is 126 Å². The standard InChI is InChI=1S/C16H13FN2OS/c1-11-5-7-13(8-6-11)15-18-19-16(20-15)21-10-12-3-2-4-14(17)9-12/h2-9H,10H2,1H3. The molecule has 0 spiro atoms. The fourth-order valence-corrected chi connectivity index (χ4v) is 2.56. The molecular formula is C16H13FN2OS. The van der Waals surface area contributed by atoms with Crippen molar-refractivity contribution >= 4 is 11.8 Å². The predicted molar refractivity (Wildman–Crippen MR) is 80.4 cm³/mol. The average molecular weight is 300 g/mol. The highest BCUT2D eigenvalue weighted by Gasteiger charge is 2.09. The zero-order valence-electron chi connectivity index (χ0n) is 11.4. The van der Waals surface area contributed by atoms with Crippen molar-refractivity contribution in [1.82, 2.24) is 10.2 Å². The van der Waals surface area contributed by atoms with E-state index in [1.165, 1.54) is 29.5 Å². The highest BCUT2D eigenvalue weighted by molar-refractivity contribution is 7.98. The molecule has 0 radical (unpaired) electrons. The monoisotopic (exact) mass is 300 g/mol. The molecule has 0 bridgehead atoms. The first-order chi connectivity index (χ1) is 10.2. The van der Waals surface area contributed by atoms with Gasteiger partial charge in [-0.3, -0.25) is 0 Å². The number of thioether (sulfide) groups is 1. The van der Waals surface area contributed by atoms with Crippen LogP contribution < -0.4 is 0 Å². The Hall–Kier alpha value is -2.14. The van der Waals surface area contributed by atoms with Crippen LogP contribution in [0, 0.1) is 12.7 Å². The Bertz CT molecular complexity index is 740. The Balaban J connectivity index is 1.69. The lowest BCUT2D eigenvalue weighted by Gasteiger charge is -1.98. The average Bonchev–Trinajstić information content (AvgIpc) is 2.95. The van der Waals surface area contributed by atoms with Crippen LogP contribution in [0.25, 0.3) is 11.5 Å². The van der Waals surface area contributed by atoms with E-state index < -0.39 is 0 Å². The minimum atomic E-state index is -0.237. The summed E-state index contributed by atoms with van der Waals surface area (Å²) in [7, 11) is 0. The fraction of sp³-hybridized carbons (Fsp3) is 0.125. The zero-order chi connectivity index (χ0) is 14.7. The van der Waals surface area contributed by atoms with Gasteiger partial charge in [-0.2, -0.15) is 0 Å². The number of hydrogen-bond acceptors (Lipinski definition) is 4. The van der Waals surface area contributed by atoms with Crippen molar-refractivity contribution in [3.8, 4) is 11.5 Å². The molecular weight excluding hydrogens is 287 g/mol. The van der Waals surface area contributed by atoms with Gasteiger partial charge in [-0.15, -0.1) is 10.2 Å². The molecule has 0 fully saturated rings. The maximum Gasteiger partial charge on any atom is 0.277 e. The molecule has 5 heteroatoms. The lowest BCUT2D eigenvalue weighted by atomic mass is 10.1. The molecule has 0 aliphatic rings. The molecule has 0 amide bonds. The van der Waals surface area contributed by atoms with Gasteiger partial charge in [0.05, 0.1) is 0 Å². The van der Waals surface area contributed by atoms with Crippen molar-refractivity contribution in [2.24, 2.45) is 0 Å². The maximum atomic E-state index is 13.1. The van der Waals surface area contributed by atoms with Crippen molar-refractivity contribution < 1.29 is 8.81 Å². The summed E-state index contributed by atoms with van der Waals surface area (Å²) >= 11 is 1.39. The molecule has 0 aliphatic heterocycles. The van der Waals surface area contributed by atoms with Crippen LogP contribution >= 0.6 is 11.8 Å². The minimum Gasteiger partial charge on any atom is -0.411 e. The Morgan fingerprint density at radius 1 is 1.10 bits per heavy atom. The molecule has 0 aliphatic carbocycles. The SMILES string of the molecule is Cc1ccc(-c2nnc(SCc3cccc(F)c3)o2)cc1. The van der Waals surface area contributed by atoms with Gasteiger partial charge in [0.25, 0.3) is 5.22 Å². The van der Waals surface area contributed by atoms with Gasteiger partial charge in [-0.25, -0.2) is 4.39 Å². The molecule has 0 saturated heterocycles. The van der Waals surface area contributed by atoms with Crippen molar-refractivity contribution in [1.29, 1.82) is 0 Å². The van der Waals surface area contributed by atoms with Gasteiger partial charge in [0.15, 0.2) is 0 Å². The maximum absolute atomic E-state index is 13.1. The number of halogens is 1. The van der Waals surface area contributed by atoms with E-state index in [9.17, 15) is 4.39 Å². The topological polar surface area (TPSA) is 38.9 Å². The molecule has 1 aromatic heterocycles. The third-order valence-electron chi connectivity index (χ3n) is 2.96. The lowest BCUT2D eigenvalue weighted by Crippen LogP contribution is -1.82. The summed E-state index contributed by atoms with van der Waals surface area (Å²) in [6.07, 6.45) is 0. The molecule has 3 rings (SSSR count). The normalized spacial score (nSPS) is 10.8. The van der Waals surface area contributed by atoms with Gasteiger partial charge >= 0.3 is 0 Å². The molecule has 0 unspecified atom stereocenters. The van der Waals surface area contributed by atoms with Gasteiger partial charge in [-0.1, -0.05) is 41.6 Å². The number of nitrogens with zero attached hydrogens (tertiary/aromatic N) is 2. The number of hydrogen-bond donors (Lipinski definition) is 0. The van der Waals surface area contributed by atoms with E-state index in [2.05, 4.69) is 10.2 Å². The number of benzene rings is 2. The van der Waals surface area contributed by atoms with E-state index in [-0.39, 0.29) is 5.82 Å². The van der Waals surface area contributed by atoms with Crippen molar-refractivity contribution in [3.63, 3.8) is 0 Å². The molecule has 3 nitrogen and oxygen atoms in total. The molecule has 21 heavy (non-hydrogen) atoms. The molecule has 1 heterocycles. The fourth-order valence-electron chi connectivity index (χ4n) is 1.85. The lowest BCUT2D eigenvalue weighted by molar-refractivity contribution is 0.466. The van der Waals surface area contributed by atoms with Crippen LogP contribution in [0.4, 0.5) is 4.39 Å². The van der Waals surface area contributed by atoms with Crippen LogP contribution in [0.2, 0.25) is 0 Å². The largest absolute Gasteiger partial charge is 0.411 e.